The molecule has 0 fully saturated rings. The molecule has 2 N–H and O–H groups in total. The normalized spacial score (nSPS) is 10.8. The van der Waals surface area contributed by atoms with E-state index in [-0.39, 0.29) is 5.91 Å². The molecule has 0 atom stereocenters. The molecule has 0 radical (unpaired) electrons. The van der Waals surface area contributed by atoms with E-state index in [1.807, 2.05) is 59.4 Å². The van der Waals surface area contributed by atoms with Gasteiger partial charge in [0.1, 0.15) is 5.69 Å². The number of hydrazine groups is 1. The predicted molar refractivity (Wildman–Crippen MR) is 122 cm³/mol. The van der Waals surface area contributed by atoms with Crippen molar-refractivity contribution in [1.82, 2.24) is 25.6 Å². The second kappa shape index (κ2) is 9.99. The van der Waals surface area contributed by atoms with Gasteiger partial charge in [-0.3, -0.25) is 30.1 Å². The zero-order valence-electron chi connectivity index (χ0n) is 17.2. The molecule has 32 heavy (non-hydrogen) atoms. The van der Waals surface area contributed by atoms with E-state index in [1.54, 1.807) is 42.7 Å². The number of rotatable bonds is 6. The van der Waals surface area contributed by atoms with Crippen LogP contribution in [-0.2, 0) is 11.3 Å². The fourth-order valence-electron chi connectivity index (χ4n) is 3.12. The minimum Gasteiger partial charge on any atom is -0.268 e. The van der Waals surface area contributed by atoms with Crippen LogP contribution in [0.4, 0.5) is 0 Å². The van der Waals surface area contributed by atoms with Gasteiger partial charge in [0.25, 0.3) is 11.8 Å². The number of benzene rings is 2. The van der Waals surface area contributed by atoms with E-state index >= 15 is 0 Å². The summed E-state index contributed by atoms with van der Waals surface area (Å²) >= 11 is 0. The Morgan fingerprint density at radius 3 is 2.38 bits per heavy atom. The van der Waals surface area contributed by atoms with Crippen LogP contribution in [0.3, 0.4) is 0 Å². The first-order valence-corrected chi connectivity index (χ1v) is 10.0. The Hall–Kier alpha value is -4.52. The molecule has 158 valence electrons. The molecule has 0 unspecified atom stereocenters. The van der Waals surface area contributed by atoms with Crippen molar-refractivity contribution in [3.8, 4) is 11.3 Å². The number of carbonyl (C=O) groups excluding carboxylic acids is 2. The van der Waals surface area contributed by atoms with E-state index in [2.05, 4.69) is 15.8 Å². The maximum Gasteiger partial charge on any atom is 0.269 e. The van der Waals surface area contributed by atoms with Gasteiger partial charge in [-0.05, 0) is 35.9 Å². The van der Waals surface area contributed by atoms with Gasteiger partial charge in [-0.25, -0.2) is 0 Å². The molecule has 0 saturated heterocycles. The van der Waals surface area contributed by atoms with Gasteiger partial charge in [0, 0.05) is 41.4 Å². The Kier molecular flexibility index (Phi) is 6.48. The van der Waals surface area contributed by atoms with Crippen molar-refractivity contribution < 1.29 is 9.59 Å². The fraction of sp³-hybridized carbons (Fsp3) is 0.0400. The maximum absolute atomic E-state index is 12.2. The highest BCUT2D eigenvalue weighted by molar-refractivity contribution is 5.98. The molecular weight excluding hydrogens is 402 g/mol. The number of pyridine rings is 1. The topological polar surface area (TPSA) is 88.9 Å². The number of hydrogen-bond acceptors (Lipinski definition) is 4. The van der Waals surface area contributed by atoms with Crippen LogP contribution >= 0.6 is 0 Å². The van der Waals surface area contributed by atoms with E-state index in [1.165, 1.54) is 6.08 Å². The van der Waals surface area contributed by atoms with Crippen LogP contribution in [0.5, 0.6) is 0 Å². The summed E-state index contributed by atoms with van der Waals surface area (Å²) in [6.45, 7) is 0.598. The van der Waals surface area contributed by atoms with Crippen molar-refractivity contribution in [2.75, 3.05) is 0 Å². The molecule has 0 saturated carbocycles. The monoisotopic (exact) mass is 423 g/mol. The molecule has 2 aromatic heterocycles. The van der Waals surface area contributed by atoms with Gasteiger partial charge in [-0.15, -0.1) is 0 Å². The summed E-state index contributed by atoms with van der Waals surface area (Å²) in [6.07, 6.45) is 8.33. The number of aromatic nitrogens is 3. The molecule has 7 nitrogen and oxygen atoms in total. The van der Waals surface area contributed by atoms with E-state index in [9.17, 15) is 9.59 Å². The average Bonchev–Trinajstić information content (AvgIpc) is 3.25. The van der Waals surface area contributed by atoms with Gasteiger partial charge < -0.3 is 0 Å². The first-order valence-electron chi connectivity index (χ1n) is 10.0. The van der Waals surface area contributed by atoms with Gasteiger partial charge in [0.2, 0.25) is 0 Å². The van der Waals surface area contributed by atoms with Crippen LogP contribution in [0.1, 0.15) is 21.5 Å². The molecule has 2 heterocycles. The van der Waals surface area contributed by atoms with Crippen molar-refractivity contribution >= 4 is 17.9 Å². The maximum atomic E-state index is 12.2. The van der Waals surface area contributed by atoms with Gasteiger partial charge >= 0.3 is 0 Å². The van der Waals surface area contributed by atoms with E-state index in [0.717, 1.165) is 16.7 Å². The molecule has 2 aromatic carbocycles. The Morgan fingerprint density at radius 2 is 1.66 bits per heavy atom. The second-order valence-corrected chi connectivity index (χ2v) is 7.00. The second-order valence-electron chi connectivity index (χ2n) is 7.00. The molecule has 7 heteroatoms. The highest BCUT2D eigenvalue weighted by Gasteiger charge is 2.11. The minimum atomic E-state index is -0.456. The molecule has 0 spiro atoms. The molecule has 2 amide bonds. The summed E-state index contributed by atoms with van der Waals surface area (Å²) in [4.78, 5) is 28.5. The number of amides is 2. The predicted octanol–water partition coefficient (Wildman–Crippen LogP) is 3.47. The third kappa shape index (κ3) is 5.34. The van der Waals surface area contributed by atoms with E-state index in [0.29, 0.717) is 17.8 Å². The standard InChI is InChI=1S/C25H21N5O2/c31-23(27-28-25(32)20-10-5-2-6-11-20)14-13-22-18-30(17-19-8-3-1-4-9-19)29-24(22)21-12-7-15-26-16-21/h1-16,18H,17H2,(H,27,31)(H,28,32)/b14-13+. The molecule has 4 rings (SSSR count). The molecule has 0 bridgehead atoms. The zero-order chi connectivity index (χ0) is 22.2. The van der Waals surface area contributed by atoms with Crippen molar-refractivity contribution in [3.63, 3.8) is 0 Å². The first-order chi connectivity index (χ1) is 15.7. The molecule has 0 aliphatic heterocycles. The van der Waals surface area contributed by atoms with E-state index in [4.69, 9.17) is 5.10 Å². The lowest BCUT2D eigenvalue weighted by Crippen LogP contribution is -2.40. The zero-order valence-corrected chi connectivity index (χ0v) is 17.2. The number of nitrogens with zero attached hydrogens (tertiary/aromatic N) is 3. The Morgan fingerprint density at radius 1 is 0.906 bits per heavy atom. The molecule has 0 aliphatic rings. The minimum absolute atomic E-state index is 0.390. The Bertz CT molecular complexity index is 1220. The van der Waals surface area contributed by atoms with Crippen LogP contribution in [0.2, 0.25) is 0 Å². The van der Waals surface area contributed by atoms with Crippen LogP contribution in [-0.4, -0.2) is 26.6 Å². The lowest BCUT2D eigenvalue weighted by molar-refractivity contribution is -0.117. The average molecular weight is 423 g/mol. The summed E-state index contributed by atoms with van der Waals surface area (Å²) in [5, 5.41) is 4.69. The van der Waals surface area contributed by atoms with Crippen molar-refractivity contribution in [3.05, 3.63) is 114 Å². The Labute approximate surface area is 185 Å². The first kappa shape index (κ1) is 20.7. The molecule has 4 aromatic rings. The Balaban J connectivity index is 1.49. The SMILES string of the molecule is O=C(/C=C/c1cn(Cc2ccccc2)nc1-c1cccnc1)NNC(=O)c1ccccc1. The summed E-state index contributed by atoms with van der Waals surface area (Å²) in [5.74, 6) is -0.846. The third-order valence-corrected chi connectivity index (χ3v) is 4.66. The highest BCUT2D eigenvalue weighted by Crippen LogP contribution is 2.23. The van der Waals surface area contributed by atoms with Gasteiger partial charge in [-0.1, -0.05) is 48.5 Å². The van der Waals surface area contributed by atoms with Crippen molar-refractivity contribution in [2.24, 2.45) is 0 Å². The van der Waals surface area contributed by atoms with Gasteiger partial charge in [-0.2, -0.15) is 5.10 Å². The smallest absolute Gasteiger partial charge is 0.268 e. The van der Waals surface area contributed by atoms with Crippen LogP contribution < -0.4 is 10.9 Å². The summed E-state index contributed by atoms with van der Waals surface area (Å²) in [6, 6.07) is 22.4. The summed E-state index contributed by atoms with van der Waals surface area (Å²) < 4.78 is 1.83. The molecular formula is C25H21N5O2. The summed E-state index contributed by atoms with van der Waals surface area (Å²) in [5.41, 5.74) is 8.68. The summed E-state index contributed by atoms with van der Waals surface area (Å²) in [7, 11) is 0. The van der Waals surface area contributed by atoms with Crippen molar-refractivity contribution in [1.29, 1.82) is 0 Å². The fourth-order valence-corrected chi connectivity index (χ4v) is 3.12. The van der Waals surface area contributed by atoms with Crippen LogP contribution in [0, 0.1) is 0 Å². The number of hydrogen-bond donors (Lipinski definition) is 2. The van der Waals surface area contributed by atoms with Gasteiger partial charge in [0.15, 0.2) is 0 Å². The van der Waals surface area contributed by atoms with Crippen molar-refractivity contribution in [2.45, 2.75) is 6.54 Å². The largest absolute Gasteiger partial charge is 0.269 e. The number of nitrogens with one attached hydrogen (secondary N) is 2. The number of carbonyl (C=O) groups is 2. The lowest BCUT2D eigenvalue weighted by atomic mass is 10.1. The lowest BCUT2D eigenvalue weighted by Gasteiger charge is -2.04. The van der Waals surface area contributed by atoms with E-state index < -0.39 is 5.91 Å². The third-order valence-electron chi connectivity index (χ3n) is 4.66. The van der Waals surface area contributed by atoms with Gasteiger partial charge in [0.05, 0.1) is 6.54 Å². The highest BCUT2D eigenvalue weighted by atomic mass is 16.2. The molecule has 0 aliphatic carbocycles. The van der Waals surface area contributed by atoms with Crippen LogP contribution in [0.15, 0.2) is 97.5 Å². The van der Waals surface area contributed by atoms with Crippen LogP contribution in [0.25, 0.3) is 17.3 Å². The quantitative estimate of drug-likeness (QED) is 0.367.